The first-order valence-electron chi connectivity index (χ1n) is 8.51. The molecule has 1 aromatic carbocycles. The molecular weight excluding hydrogens is 374 g/mol. The number of thiazole rings is 1. The SMILES string of the molecule is OCCN1CCN(C(c2ccc(Cl)cc2)c2sc3ncnn3c2O)CC1. The van der Waals surface area contributed by atoms with Crippen LogP contribution in [-0.2, 0) is 0 Å². The smallest absolute Gasteiger partial charge is 0.230 e. The second-order valence-corrected chi connectivity index (χ2v) is 7.75. The maximum Gasteiger partial charge on any atom is 0.230 e. The number of hydrogen-bond donors (Lipinski definition) is 2. The number of halogens is 1. The van der Waals surface area contributed by atoms with Crippen LogP contribution >= 0.6 is 22.9 Å². The largest absolute Gasteiger partial charge is 0.492 e. The monoisotopic (exact) mass is 393 g/mol. The summed E-state index contributed by atoms with van der Waals surface area (Å²) < 4.78 is 1.48. The summed E-state index contributed by atoms with van der Waals surface area (Å²) in [5.41, 5.74) is 1.07. The highest BCUT2D eigenvalue weighted by Crippen LogP contribution is 2.40. The maximum atomic E-state index is 10.7. The average molecular weight is 394 g/mol. The van der Waals surface area contributed by atoms with Crippen LogP contribution in [0.5, 0.6) is 5.88 Å². The van der Waals surface area contributed by atoms with E-state index in [9.17, 15) is 5.11 Å². The van der Waals surface area contributed by atoms with E-state index >= 15 is 0 Å². The van der Waals surface area contributed by atoms with E-state index in [-0.39, 0.29) is 18.5 Å². The van der Waals surface area contributed by atoms with Crippen LogP contribution in [0.15, 0.2) is 30.6 Å². The number of aromatic hydroxyl groups is 1. The summed E-state index contributed by atoms with van der Waals surface area (Å²) in [5, 5.41) is 24.6. The van der Waals surface area contributed by atoms with Crippen LogP contribution in [0.1, 0.15) is 16.5 Å². The van der Waals surface area contributed by atoms with Gasteiger partial charge in [-0.05, 0) is 17.7 Å². The van der Waals surface area contributed by atoms with Crippen molar-refractivity contribution in [1.82, 2.24) is 24.4 Å². The molecule has 1 aliphatic heterocycles. The summed E-state index contributed by atoms with van der Waals surface area (Å²) in [4.78, 5) is 10.3. The molecule has 1 saturated heterocycles. The minimum Gasteiger partial charge on any atom is -0.492 e. The molecule has 0 radical (unpaired) electrons. The van der Waals surface area contributed by atoms with Crippen LogP contribution < -0.4 is 0 Å². The van der Waals surface area contributed by atoms with Crippen molar-refractivity contribution >= 4 is 27.9 Å². The fourth-order valence-electron chi connectivity index (χ4n) is 3.43. The van der Waals surface area contributed by atoms with E-state index in [1.165, 1.54) is 22.2 Å². The van der Waals surface area contributed by atoms with Gasteiger partial charge in [0.25, 0.3) is 0 Å². The summed E-state index contributed by atoms with van der Waals surface area (Å²) in [6.07, 6.45) is 1.44. The molecule has 3 aromatic rings. The molecule has 3 heterocycles. The number of rotatable bonds is 5. The number of fused-ring (bicyclic) bond motifs is 1. The molecule has 0 saturated carbocycles. The lowest BCUT2D eigenvalue weighted by Gasteiger charge is -2.39. The Labute approximate surface area is 160 Å². The van der Waals surface area contributed by atoms with E-state index in [0.717, 1.165) is 36.6 Å². The Kier molecular flexibility index (Phi) is 5.10. The molecule has 1 atom stereocenters. The third kappa shape index (κ3) is 3.30. The quantitative estimate of drug-likeness (QED) is 0.689. The van der Waals surface area contributed by atoms with Gasteiger partial charge in [0.05, 0.1) is 17.5 Å². The van der Waals surface area contributed by atoms with Gasteiger partial charge in [0.1, 0.15) is 6.33 Å². The van der Waals surface area contributed by atoms with E-state index in [0.29, 0.717) is 16.5 Å². The van der Waals surface area contributed by atoms with Gasteiger partial charge < -0.3 is 10.2 Å². The second-order valence-electron chi connectivity index (χ2n) is 6.30. The number of hydrogen-bond acceptors (Lipinski definition) is 7. The first-order valence-corrected chi connectivity index (χ1v) is 9.71. The van der Waals surface area contributed by atoms with Gasteiger partial charge in [0.2, 0.25) is 10.8 Å². The van der Waals surface area contributed by atoms with Gasteiger partial charge in [-0.25, -0.2) is 4.98 Å². The standard InChI is InChI=1S/C17H20ClN5O2S/c18-13-3-1-12(2-4-13)14(22-7-5-21(6-8-22)9-10-24)15-16(25)23-17(26-15)19-11-20-23/h1-4,11,14,24-25H,5-10H2. The summed E-state index contributed by atoms with van der Waals surface area (Å²) in [6.45, 7) is 4.33. The molecule has 1 aliphatic rings. The van der Waals surface area contributed by atoms with Crippen LogP contribution in [0.2, 0.25) is 5.02 Å². The molecule has 2 aromatic heterocycles. The Morgan fingerprint density at radius 3 is 2.54 bits per heavy atom. The average Bonchev–Trinajstić information content (AvgIpc) is 3.22. The number of aliphatic hydroxyl groups is 1. The van der Waals surface area contributed by atoms with E-state index < -0.39 is 0 Å². The highest BCUT2D eigenvalue weighted by Gasteiger charge is 2.31. The molecule has 1 fully saturated rings. The van der Waals surface area contributed by atoms with Gasteiger partial charge in [0.15, 0.2) is 0 Å². The fourth-order valence-corrected chi connectivity index (χ4v) is 4.65. The van der Waals surface area contributed by atoms with Crippen LogP contribution in [0.25, 0.3) is 4.96 Å². The molecule has 0 bridgehead atoms. The Hall–Kier alpha value is -1.71. The number of nitrogens with zero attached hydrogens (tertiary/aromatic N) is 5. The molecule has 9 heteroatoms. The maximum absolute atomic E-state index is 10.7. The van der Waals surface area contributed by atoms with Gasteiger partial charge in [-0.2, -0.15) is 9.61 Å². The van der Waals surface area contributed by atoms with Crippen molar-refractivity contribution < 1.29 is 10.2 Å². The number of piperazine rings is 1. The third-order valence-electron chi connectivity index (χ3n) is 4.76. The molecule has 2 N–H and O–H groups in total. The molecule has 26 heavy (non-hydrogen) atoms. The Bertz CT molecular complexity index is 873. The van der Waals surface area contributed by atoms with E-state index in [1.807, 2.05) is 24.3 Å². The van der Waals surface area contributed by atoms with Crippen molar-refractivity contribution in [3.05, 3.63) is 46.1 Å². The lowest BCUT2D eigenvalue weighted by molar-refractivity contribution is 0.0945. The molecular formula is C17H20ClN5O2S. The normalized spacial score (nSPS) is 17.8. The molecule has 0 spiro atoms. The Balaban J connectivity index is 1.69. The van der Waals surface area contributed by atoms with Crippen LogP contribution in [-0.4, -0.2) is 73.9 Å². The highest BCUT2D eigenvalue weighted by atomic mass is 35.5. The molecule has 7 nitrogen and oxygen atoms in total. The molecule has 0 amide bonds. The summed E-state index contributed by atoms with van der Waals surface area (Å²) in [5.74, 6) is 0.139. The molecule has 4 rings (SSSR count). The molecule has 138 valence electrons. The highest BCUT2D eigenvalue weighted by molar-refractivity contribution is 7.17. The fraction of sp³-hybridized carbons (Fsp3) is 0.412. The van der Waals surface area contributed by atoms with Gasteiger partial charge in [0, 0.05) is 37.7 Å². The predicted molar refractivity (Wildman–Crippen MR) is 101 cm³/mol. The first kappa shape index (κ1) is 17.7. The zero-order valence-electron chi connectivity index (χ0n) is 14.1. The van der Waals surface area contributed by atoms with Gasteiger partial charge >= 0.3 is 0 Å². The van der Waals surface area contributed by atoms with Crippen molar-refractivity contribution in [2.75, 3.05) is 39.3 Å². The first-order chi connectivity index (χ1) is 12.7. The number of aromatic nitrogens is 3. The lowest BCUT2D eigenvalue weighted by atomic mass is 10.0. The van der Waals surface area contributed by atoms with E-state index in [4.69, 9.17) is 16.7 Å². The van der Waals surface area contributed by atoms with Crippen LogP contribution in [0.3, 0.4) is 0 Å². The minimum atomic E-state index is -0.0861. The second kappa shape index (κ2) is 7.50. The summed E-state index contributed by atoms with van der Waals surface area (Å²) in [7, 11) is 0. The Morgan fingerprint density at radius 2 is 1.88 bits per heavy atom. The Morgan fingerprint density at radius 1 is 1.15 bits per heavy atom. The van der Waals surface area contributed by atoms with E-state index in [2.05, 4.69) is 19.9 Å². The third-order valence-corrected chi connectivity index (χ3v) is 6.10. The summed E-state index contributed by atoms with van der Waals surface area (Å²) in [6, 6.07) is 7.67. The predicted octanol–water partition coefficient (Wildman–Crippen LogP) is 1.85. The number of benzene rings is 1. The minimum absolute atomic E-state index is 0.0861. The topological polar surface area (TPSA) is 77.1 Å². The van der Waals surface area contributed by atoms with Gasteiger partial charge in [-0.3, -0.25) is 9.80 Å². The van der Waals surface area contributed by atoms with E-state index in [1.54, 1.807) is 0 Å². The van der Waals surface area contributed by atoms with Crippen molar-refractivity contribution in [1.29, 1.82) is 0 Å². The van der Waals surface area contributed by atoms with Crippen molar-refractivity contribution in [3.63, 3.8) is 0 Å². The number of aliphatic hydroxyl groups excluding tert-OH is 1. The molecule has 0 aliphatic carbocycles. The van der Waals surface area contributed by atoms with Crippen LogP contribution in [0, 0.1) is 0 Å². The van der Waals surface area contributed by atoms with Crippen molar-refractivity contribution in [3.8, 4) is 5.88 Å². The zero-order chi connectivity index (χ0) is 18.1. The summed E-state index contributed by atoms with van der Waals surface area (Å²) >= 11 is 7.52. The molecule has 1 unspecified atom stereocenters. The van der Waals surface area contributed by atoms with Crippen molar-refractivity contribution in [2.24, 2.45) is 0 Å². The van der Waals surface area contributed by atoms with Gasteiger partial charge in [-0.1, -0.05) is 35.1 Å². The lowest BCUT2D eigenvalue weighted by Crippen LogP contribution is -2.48. The van der Waals surface area contributed by atoms with Crippen molar-refractivity contribution in [2.45, 2.75) is 6.04 Å². The van der Waals surface area contributed by atoms with Crippen LogP contribution in [0.4, 0.5) is 0 Å². The van der Waals surface area contributed by atoms with Gasteiger partial charge in [-0.15, -0.1) is 0 Å². The number of β-amino-alcohol motifs (C(OH)–C–C–N with tert-alkyl or cyclic N) is 1. The zero-order valence-corrected chi connectivity index (χ0v) is 15.7.